The van der Waals surface area contributed by atoms with Crippen LogP contribution >= 0.6 is 0 Å². The average Bonchev–Trinajstić information content (AvgIpc) is 3.39. The molecule has 1 aliphatic heterocycles. The van der Waals surface area contributed by atoms with Crippen LogP contribution < -0.4 is 15.5 Å². The number of nitrogens with zero attached hydrogens (tertiary/aromatic N) is 5. The third kappa shape index (κ3) is 4.59. The first-order valence-corrected chi connectivity index (χ1v) is 10.4. The van der Waals surface area contributed by atoms with Crippen LogP contribution in [0.2, 0.25) is 0 Å². The minimum atomic E-state index is 0.208. The molecule has 0 atom stereocenters. The summed E-state index contributed by atoms with van der Waals surface area (Å²) in [5.74, 6) is 1.89. The molecule has 0 unspecified atom stereocenters. The van der Waals surface area contributed by atoms with E-state index < -0.39 is 0 Å². The predicted octanol–water partition coefficient (Wildman–Crippen LogP) is 2.15. The Bertz CT molecular complexity index is 1030. The van der Waals surface area contributed by atoms with Crippen molar-refractivity contribution in [3.8, 4) is 0 Å². The molecule has 1 saturated heterocycles. The second-order valence-electron chi connectivity index (χ2n) is 7.23. The normalized spacial score (nSPS) is 14.5. The molecule has 1 aromatic carbocycles. The molecule has 3 aromatic rings. The summed E-state index contributed by atoms with van der Waals surface area (Å²) in [6.07, 6.45) is 4.30. The van der Waals surface area contributed by atoms with Gasteiger partial charge in [0.1, 0.15) is 5.82 Å². The van der Waals surface area contributed by atoms with Crippen molar-refractivity contribution >= 4 is 23.2 Å². The molecular weight excluding hydrogens is 378 g/mol. The van der Waals surface area contributed by atoms with Crippen molar-refractivity contribution in [2.45, 2.75) is 32.7 Å². The van der Waals surface area contributed by atoms with Crippen molar-refractivity contribution in [2.24, 2.45) is 4.99 Å². The van der Waals surface area contributed by atoms with E-state index in [1.807, 2.05) is 64.9 Å². The highest BCUT2D eigenvalue weighted by Gasteiger charge is 2.21. The monoisotopic (exact) mass is 405 g/mol. The van der Waals surface area contributed by atoms with E-state index in [4.69, 9.17) is 0 Å². The maximum Gasteiger partial charge on any atom is 0.227 e. The molecule has 1 aliphatic rings. The standard InChI is InChI=1S/C22H27N7O/c1-2-23-22(24-13-12-20-27-26-19-6-3-4-14-29(19)20)25-16-17-8-10-18(11-9-17)28-15-5-7-21(28)30/h3-4,6,8-11,14H,2,5,7,12-13,15-16H2,1H3,(H2,23,24,25). The Morgan fingerprint density at radius 3 is 2.77 bits per heavy atom. The van der Waals surface area contributed by atoms with Gasteiger partial charge in [0.15, 0.2) is 11.6 Å². The Hall–Kier alpha value is -3.42. The molecule has 8 nitrogen and oxygen atoms in total. The summed E-state index contributed by atoms with van der Waals surface area (Å²) in [5.41, 5.74) is 2.92. The number of hydrogen-bond acceptors (Lipinski definition) is 4. The van der Waals surface area contributed by atoms with Crippen LogP contribution in [-0.4, -0.2) is 46.1 Å². The first-order chi connectivity index (χ1) is 14.7. The molecule has 0 spiro atoms. The van der Waals surface area contributed by atoms with E-state index in [2.05, 4.69) is 25.8 Å². The lowest BCUT2D eigenvalue weighted by Crippen LogP contribution is -2.38. The molecule has 1 fully saturated rings. The summed E-state index contributed by atoms with van der Waals surface area (Å²) in [6.45, 7) is 4.92. The average molecular weight is 406 g/mol. The topological polar surface area (TPSA) is 86.9 Å². The van der Waals surface area contributed by atoms with Gasteiger partial charge in [-0.1, -0.05) is 18.2 Å². The van der Waals surface area contributed by atoms with Gasteiger partial charge in [0, 0.05) is 44.4 Å². The second-order valence-corrected chi connectivity index (χ2v) is 7.23. The van der Waals surface area contributed by atoms with Crippen LogP contribution in [0.3, 0.4) is 0 Å². The predicted molar refractivity (Wildman–Crippen MR) is 118 cm³/mol. The highest BCUT2D eigenvalue weighted by atomic mass is 16.2. The van der Waals surface area contributed by atoms with E-state index in [0.717, 1.165) is 54.6 Å². The first kappa shape index (κ1) is 19.9. The van der Waals surface area contributed by atoms with Crippen molar-refractivity contribution in [2.75, 3.05) is 24.5 Å². The van der Waals surface area contributed by atoms with Gasteiger partial charge in [0.25, 0.3) is 0 Å². The number of carbonyl (C=O) groups excluding carboxylic acids is 1. The quantitative estimate of drug-likeness (QED) is 0.465. The van der Waals surface area contributed by atoms with E-state index in [9.17, 15) is 4.79 Å². The molecule has 0 bridgehead atoms. The number of anilines is 1. The maximum atomic E-state index is 11.9. The lowest BCUT2D eigenvalue weighted by molar-refractivity contribution is -0.117. The smallest absolute Gasteiger partial charge is 0.227 e. The molecule has 4 rings (SSSR count). The van der Waals surface area contributed by atoms with Crippen LogP contribution in [0.25, 0.3) is 5.65 Å². The summed E-state index contributed by atoms with van der Waals surface area (Å²) in [4.78, 5) is 18.4. The van der Waals surface area contributed by atoms with Gasteiger partial charge < -0.3 is 15.5 Å². The van der Waals surface area contributed by atoms with Crippen LogP contribution in [0.5, 0.6) is 0 Å². The van der Waals surface area contributed by atoms with Crippen molar-refractivity contribution in [1.29, 1.82) is 0 Å². The van der Waals surface area contributed by atoms with Crippen molar-refractivity contribution in [3.63, 3.8) is 0 Å². The number of nitrogens with one attached hydrogen (secondary N) is 2. The van der Waals surface area contributed by atoms with E-state index in [1.54, 1.807) is 0 Å². The Kier molecular flexibility index (Phi) is 6.22. The number of aromatic nitrogens is 3. The van der Waals surface area contributed by atoms with Gasteiger partial charge in [-0.3, -0.25) is 9.20 Å². The molecule has 3 heterocycles. The largest absolute Gasteiger partial charge is 0.357 e. The molecule has 30 heavy (non-hydrogen) atoms. The fourth-order valence-electron chi connectivity index (χ4n) is 3.57. The first-order valence-electron chi connectivity index (χ1n) is 10.4. The molecule has 156 valence electrons. The summed E-state index contributed by atoms with van der Waals surface area (Å²) in [5, 5.41) is 15.1. The Morgan fingerprint density at radius 2 is 2.00 bits per heavy atom. The summed E-state index contributed by atoms with van der Waals surface area (Å²) in [7, 11) is 0. The summed E-state index contributed by atoms with van der Waals surface area (Å²) in [6, 6.07) is 14.0. The minimum Gasteiger partial charge on any atom is -0.357 e. The summed E-state index contributed by atoms with van der Waals surface area (Å²) < 4.78 is 2.00. The number of rotatable bonds is 7. The highest BCUT2D eigenvalue weighted by molar-refractivity contribution is 5.95. The molecule has 1 amide bonds. The van der Waals surface area contributed by atoms with Crippen LogP contribution in [0.4, 0.5) is 5.69 Å². The minimum absolute atomic E-state index is 0.208. The second kappa shape index (κ2) is 9.39. The van der Waals surface area contributed by atoms with Gasteiger partial charge in [-0.15, -0.1) is 10.2 Å². The van der Waals surface area contributed by atoms with E-state index >= 15 is 0 Å². The Labute approximate surface area is 176 Å². The van der Waals surface area contributed by atoms with Gasteiger partial charge in [0.2, 0.25) is 5.91 Å². The summed E-state index contributed by atoms with van der Waals surface area (Å²) >= 11 is 0. The van der Waals surface area contributed by atoms with E-state index in [-0.39, 0.29) is 5.91 Å². The number of pyridine rings is 1. The van der Waals surface area contributed by atoms with Gasteiger partial charge >= 0.3 is 0 Å². The van der Waals surface area contributed by atoms with E-state index in [1.165, 1.54) is 0 Å². The molecule has 8 heteroatoms. The number of amides is 1. The lowest BCUT2D eigenvalue weighted by atomic mass is 10.2. The third-order valence-corrected chi connectivity index (χ3v) is 5.11. The van der Waals surface area contributed by atoms with Gasteiger partial charge in [-0.05, 0) is 43.2 Å². The third-order valence-electron chi connectivity index (χ3n) is 5.11. The fraction of sp³-hybridized carbons (Fsp3) is 0.364. The number of benzene rings is 1. The van der Waals surface area contributed by atoms with Crippen molar-refractivity contribution in [3.05, 3.63) is 60.0 Å². The zero-order valence-corrected chi connectivity index (χ0v) is 17.2. The number of hydrogen-bond donors (Lipinski definition) is 2. The van der Waals surface area contributed by atoms with Crippen LogP contribution in [0.15, 0.2) is 53.7 Å². The highest BCUT2D eigenvalue weighted by Crippen LogP contribution is 2.21. The van der Waals surface area contributed by atoms with Crippen molar-refractivity contribution < 1.29 is 4.79 Å². The Balaban J connectivity index is 1.33. The van der Waals surface area contributed by atoms with Crippen LogP contribution in [-0.2, 0) is 17.8 Å². The zero-order valence-electron chi connectivity index (χ0n) is 17.2. The molecular formula is C22H27N7O. The van der Waals surface area contributed by atoms with Crippen molar-refractivity contribution in [1.82, 2.24) is 25.2 Å². The maximum absolute atomic E-state index is 11.9. The SMILES string of the molecule is CCNC(=NCc1ccc(N2CCCC2=O)cc1)NCCc1nnc2ccccn12. The fourth-order valence-corrected chi connectivity index (χ4v) is 3.57. The van der Waals surface area contributed by atoms with Gasteiger partial charge in [-0.25, -0.2) is 4.99 Å². The van der Waals surface area contributed by atoms with Crippen LogP contribution in [0.1, 0.15) is 31.2 Å². The molecule has 2 N–H and O–H groups in total. The molecule has 0 aliphatic carbocycles. The van der Waals surface area contributed by atoms with Gasteiger partial charge in [0.05, 0.1) is 6.54 Å². The number of aliphatic imine (C=N–C) groups is 1. The number of fused-ring (bicyclic) bond motifs is 1. The molecule has 0 radical (unpaired) electrons. The molecule has 0 saturated carbocycles. The Morgan fingerprint density at radius 1 is 1.13 bits per heavy atom. The van der Waals surface area contributed by atoms with Crippen LogP contribution in [0, 0.1) is 0 Å². The molecule has 2 aromatic heterocycles. The van der Waals surface area contributed by atoms with Gasteiger partial charge in [-0.2, -0.15) is 0 Å². The lowest BCUT2D eigenvalue weighted by Gasteiger charge is -2.16. The van der Waals surface area contributed by atoms with E-state index in [0.29, 0.717) is 19.5 Å². The number of carbonyl (C=O) groups is 1. The number of guanidine groups is 1. The zero-order chi connectivity index (χ0) is 20.8.